The van der Waals surface area contributed by atoms with Crippen LogP contribution in [0.1, 0.15) is 62.2 Å². The van der Waals surface area contributed by atoms with Gasteiger partial charge in [-0.2, -0.15) is 0 Å². The number of carboxylic acid groups (broad SMARTS) is 1. The summed E-state index contributed by atoms with van der Waals surface area (Å²) in [6, 6.07) is 5.97. The van der Waals surface area contributed by atoms with Gasteiger partial charge in [0.05, 0.1) is 5.56 Å². The fourth-order valence-electron chi connectivity index (χ4n) is 2.49. The van der Waals surface area contributed by atoms with Crippen molar-refractivity contribution in [2.24, 2.45) is 0 Å². The number of thiocarbonyl (C=S) groups is 1. The Labute approximate surface area is 191 Å². The van der Waals surface area contributed by atoms with Crippen LogP contribution in [0.3, 0.4) is 0 Å². The van der Waals surface area contributed by atoms with Gasteiger partial charge in [-0.15, -0.1) is 0 Å². The third kappa shape index (κ3) is 10.9. The maximum Gasteiger partial charge on any atom is 0.335 e. The summed E-state index contributed by atoms with van der Waals surface area (Å²) in [6.45, 7) is 2.15. The standard InChI is InChI=1S/C19H26Cl3N3O3S/c1-2-3-4-5-6-7-8-15(26)24-17(19(20,21)22)25-18(29)23-14-11-9-13(10-12-14)16(27)28/h9-12,17H,2-8H2,1H3,(H,24,26)(H,27,28)(H2,23,25,29)/t17-/m0/s1. The van der Waals surface area contributed by atoms with E-state index >= 15 is 0 Å². The van der Waals surface area contributed by atoms with Crippen molar-refractivity contribution in [3.8, 4) is 0 Å². The zero-order valence-electron chi connectivity index (χ0n) is 16.1. The molecule has 0 radical (unpaired) electrons. The summed E-state index contributed by atoms with van der Waals surface area (Å²) in [5.74, 6) is -1.26. The quantitative estimate of drug-likeness (QED) is 0.149. The van der Waals surface area contributed by atoms with Crippen molar-refractivity contribution in [3.05, 3.63) is 29.8 Å². The molecule has 0 spiro atoms. The number of aromatic carboxylic acids is 1. The molecule has 0 aromatic heterocycles. The predicted octanol–water partition coefficient (Wildman–Crippen LogP) is 5.23. The molecule has 0 aliphatic carbocycles. The third-order valence-electron chi connectivity index (χ3n) is 4.06. The van der Waals surface area contributed by atoms with E-state index in [0.29, 0.717) is 12.1 Å². The van der Waals surface area contributed by atoms with Crippen molar-refractivity contribution >= 4 is 69.7 Å². The highest BCUT2D eigenvalue weighted by atomic mass is 35.6. The topological polar surface area (TPSA) is 90.5 Å². The summed E-state index contributed by atoms with van der Waals surface area (Å²) < 4.78 is -1.82. The molecule has 10 heteroatoms. The molecule has 0 aliphatic rings. The van der Waals surface area contributed by atoms with Gasteiger partial charge in [0, 0.05) is 12.1 Å². The molecule has 0 heterocycles. The minimum atomic E-state index is -1.82. The highest BCUT2D eigenvalue weighted by Crippen LogP contribution is 2.29. The van der Waals surface area contributed by atoms with Crippen LogP contribution in [0.2, 0.25) is 0 Å². The van der Waals surface area contributed by atoms with Gasteiger partial charge < -0.3 is 21.1 Å². The molecular weight excluding hydrogens is 457 g/mol. The van der Waals surface area contributed by atoms with E-state index in [4.69, 9.17) is 52.1 Å². The Morgan fingerprint density at radius 3 is 2.17 bits per heavy atom. The van der Waals surface area contributed by atoms with E-state index < -0.39 is 15.9 Å². The number of rotatable bonds is 11. The van der Waals surface area contributed by atoms with Crippen molar-refractivity contribution in [2.75, 3.05) is 5.32 Å². The van der Waals surface area contributed by atoms with Gasteiger partial charge in [0.25, 0.3) is 0 Å². The van der Waals surface area contributed by atoms with Gasteiger partial charge in [0.15, 0.2) is 5.11 Å². The van der Waals surface area contributed by atoms with Gasteiger partial charge in [-0.25, -0.2) is 4.79 Å². The molecule has 1 aromatic carbocycles. The predicted molar refractivity (Wildman–Crippen MR) is 123 cm³/mol. The van der Waals surface area contributed by atoms with E-state index in [2.05, 4.69) is 22.9 Å². The summed E-state index contributed by atoms with van der Waals surface area (Å²) in [4.78, 5) is 23.1. The molecule has 0 saturated carbocycles. The fraction of sp³-hybridized carbons (Fsp3) is 0.526. The van der Waals surface area contributed by atoms with E-state index in [-0.39, 0.29) is 16.6 Å². The number of carboxylic acids is 1. The van der Waals surface area contributed by atoms with Crippen molar-refractivity contribution < 1.29 is 14.7 Å². The van der Waals surface area contributed by atoms with Crippen molar-refractivity contribution in [1.29, 1.82) is 0 Å². The van der Waals surface area contributed by atoms with Gasteiger partial charge in [0.2, 0.25) is 9.70 Å². The number of carbonyl (C=O) groups is 2. The minimum absolute atomic E-state index is 0.115. The molecule has 4 N–H and O–H groups in total. The molecule has 1 rings (SSSR count). The number of alkyl halides is 3. The molecule has 1 atom stereocenters. The lowest BCUT2D eigenvalue weighted by atomic mass is 10.1. The van der Waals surface area contributed by atoms with Crippen LogP contribution in [0.5, 0.6) is 0 Å². The summed E-state index contributed by atoms with van der Waals surface area (Å²) in [5.41, 5.74) is 0.699. The first-order chi connectivity index (χ1) is 13.6. The largest absolute Gasteiger partial charge is 0.478 e. The van der Waals surface area contributed by atoms with E-state index in [1.807, 2.05) is 0 Å². The Balaban J connectivity index is 2.52. The number of hydrogen-bond donors (Lipinski definition) is 4. The number of halogens is 3. The Morgan fingerprint density at radius 2 is 1.62 bits per heavy atom. The highest BCUT2D eigenvalue weighted by molar-refractivity contribution is 7.80. The van der Waals surface area contributed by atoms with Crippen LogP contribution in [0, 0.1) is 0 Å². The zero-order valence-corrected chi connectivity index (χ0v) is 19.2. The second-order valence-electron chi connectivity index (χ2n) is 6.54. The van der Waals surface area contributed by atoms with Crippen LogP contribution >= 0.6 is 47.0 Å². The minimum Gasteiger partial charge on any atom is -0.478 e. The van der Waals surface area contributed by atoms with E-state index in [1.165, 1.54) is 31.4 Å². The molecule has 0 aliphatic heterocycles. The maximum absolute atomic E-state index is 12.2. The Hall–Kier alpha value is -1.28. The second kappa shape index (κ2) is 13.1. The first-order valence-corrected chi connectivity index (χ1v) is 10.9. The summed E-state index contributed by atoms with van der Waals surface area (Å²) >= 11 is 23.1. The van der Waals surface area contributed by atoms with Gasteiger partial charge >= 0.3 is 5.97 Å². The molecule has 0 saturated heterocycles. The number of nitrogens with one attached hydrogen (secondary N) is 3. The van der Waals surface area contributed by atoms with Crippen LogP contribution in [-0.2, 0) is 4.79 Å². The number of hydrogen-bond acceptors (Lipinski definition) is 3. The molecule has 1 amide bonds. The first-order valence-electron chi connectivity index (χ1n) is 9.40. The van der Waals surface area contributed by atoms with Crippen molar-refractivity contribution in [2.45, 2.75) is 61.8 Å². The maximum atomic E-state index is 12.2. The van der Waals surface area contributed by atoms with Gasteiger partial charge in [-0.05, 0) is 42.9 Å². The molecule has 0 unspecified atom stereocenters. The lowest BCUT2D eigenvalue weighted by molar-refractivity contribution is -0.122. The monoisotopic (exact) mass is 481 g/mol. The molecule has 162 valence electrons. The van der Waals surface area contributed by atoms with Crippen LogP contribution in [0.15, 0.2) is 24.3 Å². The summed E-state index contributed by atoms with van der Waals surface area (Å²) in [7, 11) is 0. The number of unbranched alkanes of at least 4 members (excludes halogenated alkanes) is 5. The Bertz CT molecular complexity index is 682. The SMILES string of the molecule is CCCCCCCCC(=O)N[C@@H](NC(=S)Nc1ccc(C(=O)O)cc1)C(Cl)(Cl)Cl. The molecule has 1 aromatic rings. The number of carbonyl (C=O) groups excluding carboxylic acids is 1. The molecule has 29 heavy (non-hydrogen) atoms. The summed E-state index contributed by atoms with van der Waals surface area (Å²) in [6.07, 6.45) is 5.70. The highest BCUT2D eigenvalue weighted by Gasteiger charge is 2.34. The van der Waals surface area contributed by atoms with E-state index in [0.717, 1.165) is 19.3 Å². The van der Waals surface area contributed by atoms with Crippen LogP contribution < -0.4 is 16.0 Å². The molecule has 0 fully saturated rings. The normalized spacial score (nSPS) is 12.1. The molecule has 0 bridgehead atoms. The van der Waals surface area contributed by atoms with Gasteiger partial charge in [-0.1, -0.05) is 73.8 Å². The number of amides is 1. The summed E-state index contributed by atoms with van der Waals surface area (Å²) in [5, 5.41) is 17.3. The van der Waals surface area contributed by atoms with E-state index in [1.54, 1.807) is 12.1 Å². The Morgan fingerprint density at radius 1 is 1.03 bits per heavy atom. The molecular formula is C19H26Cl3N3O3S. The first kappa shape index (κ1) is 25.8. The lowest BCUT2D eigenvalue weighted by Crippen LogP contribution is -2.56. The number of benzene rings is 1. The smallest absolute Gasteiger partial charge is 0.335 e. The Kier molecular flexibility index (Phi) is 11.6. The average Bonchev–Trinajstić information content (AvgIpc) is 2.63. The second-order valence-corrected chi connectivity index (χ2v) is 9.32. The van der Waals surface area contributed by atoms with Gasteiger partial charge in [0.1, 0.15) is 6.17 Å². The van der Waals surface area contributed by atoms with Gasteiger partial charge in [-0.3, -0.25) is 4.79 Å². The number of anilines is 1. The average molecular weight is 483 g/mol. The van der Waals surface area contributed by atoms with E-state index in [9.17, 15) is 9.59 Å². The third-order valence-corrected chi connectivity index (χ3v) is 4.93. The lowest BCUT2D eigenvalue weighted by Gasteiger charge is -2.27. The van der Waals surface area contributed by atoms with Crippen molar-refractivity contribution in [1.82, 2.24) is 10.6 Å². The molecule has 6 nitrogen and oxygen atoms in total. The van der Waals surface area contributed by atoms with Crippen LogP contribution in [0.25, 0.3) is 0 Å². The van der Waals surface area contributed by atoms with Crippen LogP contribution in [-0.4, -0.2) is 32.1 Å². The van der Waals surface area contributed by atoms with Crippen LogP contribution in [0.4, 0.5) is 5.69 Å². The fourth-order valence-corrected chi connectivity index (χ4v) is 3.06. The van der Waals surface area contributed by atoms with Crippen molar-refractivity contribution in [3.63, 3.8) is 0 Å². The zero-order chi connectivity index (χ0) is 21.9.